The van der Waals surface area contributed by atoms with E-state index >= 15 is 0 Å². The van der Waals surface area contributed by atoms with Gasteiger partial charge in [-0.05, 0) is 18.6 Å². The number of fused-ring (bicyclic) bond motifs is 2. The number of ketones is 2. The molecule has 0 spiro atoms. The third kappa shape index (κ3) is 1.94. The molecule has 2 aromatic rings. The summed E-state index contributed by atoms with van der Waals surface area (Å²) < 4.78 is 4.75. The number of hydrogen-bond donors (Lipinski definition) is 5. The van der Waals surface area contributed by atoms with Crippen LogP contribution in [0.1, 0.15) is 47.8 Å². The summed E-state index contributed by atoms with van der Waals surface area (Å²) in [6, 6.07) is 0.798. The summed E-state index contributed by atoms with van der Waals surface area (Å²) in [5.41, 5.74) is -2.73. The number of carboxylic acids is 1. The fourth-order valence-electron chi connectivity index (χ4n) is 3.13. The molecule has 0 aromatic heterocycles. The lowest BCUT2D eigenvalue weighted by Crippen LogP contribution is -2.24. The molecule has 0 atom stereocenters. The van der Waals surface area contributed by atoms with Gasteiger partial charge in [-0.15, -0.1) is 0 Å². The zero-order valence-electron chi connectivity index (χ0n) is 13.4. The third-order valence-corrected chi connectivity index (χ3v) is 4.28. The summed E-state index contributed by atoms with van der Waals surface area (Å²) in [7, 11) is 1.06. The van der Waals surface area contributed by atoms with Gasteiger partial charge in [0.15, 0.2) is 23.1 Å². The van der Waals surface area contributed by atoms with E-state index < -0.39 is 63.0 Å². The lowest BCUT2D eigenvalue weighted by molar-refractivity contribution is 0.0692. The lowest BCUT2D eigenvalue weighted by Gasteiger charge is -2.23. The summed E-state index contributed by atoms with van der Waals surface area (Å²) in [5, 5.41) is 49.4. The van der Waals surface area contributed by atoms with Crippen LogP contribution in [0, 0.1) is 6.92 Å². The van der Waals surface area contributed by atoms with Crippen molar-refractivity contribution in [2.24, 2.45) is 0 Å². The number of ether oxygens (including phenoxy) is 1. The first-order chi connectivity index (χ1) is 12.1. The maximum atomic E-state index is 12.9. The van der Waals surface area contributed by atoms with Crippen LogP contribution >= 0.6 is 0 Å². The molecule has 3 rings (SSSR count). The van der Waals surface area contributed by atoms with Crippen LogP contribution in [0.3, 0.4) is 0 Å². The minimum Gasteiger partial charge on any atom is -0.507 e. The van der Waals surface area contributed by atoms with Gasteiger partial charge in [-0.2, -0.15) is 0 Å². The van der Waals surface area contributed by atoms with Gasteiger partial charge in [0.25, 0.3) is 0 Å². The van der Waals surface area contributed by atoms with Crippen LogP contribution in [0.4, 0.5) is 0 Å². The fraction of sp³-hybridized carbons (Fsp3) is 0.118. The molecule has 0 fully saturated rings. The van der Waals surface area contributed by atoms with Crippen molar-refractivity contribution in [2.75, 3.05) is 7.11 Å². The number of rotatable bonds is 2. The lowest BCUT2D eigenvalue weighted by atomic mass is 9.79. The average molecular weight is 360 g/mol. The van der Waals surface area contributed by atoms with Crippen LogP contribution in [0.25, 0.3) is 0 Å². The number of phenols is 4. The number of carbonyl (C=O) groups excluding carboxylic acids is 2. The molecule has 0 radical (unpaired) electrons. The molecule has 1 aliphatic carbocycles. The minimum absolute atomic E-state index is 0.178. The molecule has 9 nitrogen and oxygen atoms in total. The van der Waals surface area contributed by atoms with E-state index in [-0.39, 0.29) is 16.7 Å². The highest BCUT2D eigenvalue weighted by atomic mass is 16.5. The predicted molar refractivity (Wildman–Crippen MR) is 84.7 cm³/mol. The van der Waals surface area contributed by atoms with Gasteiger partial charge < -0.3 is 30.3 Å². The third-order valence-electron chi connectivity index (χ3n) is 4.28. The van der Waals surface area contributed by atoms with Crippen molar-refractivity contribution in [2.45, 2.75) is 6.92 Å². The number of hydrogen-bond acceptors (Lipinski definition) is 8. The minimum atomic E-state index is -1.51. The van der Waals surface area contributed by atoms with E-state index in [1.807, 2.05) is 0 Å². The van der Waals surface area contributed by atoms with Gasteiger partial charge in [0.05, 0.1) is 18.2 Å². The van der Waals surface area contributed by atoms with Crippen molar-refractivity contribution in [1.29, 1.82) is 0 Å². The van der Waals surface area contributed by atoms with E-state index in [4.69, 9.17) is 4.74 Å². The molecule has 2 aromatic carbocycles. The molecular formula is C17H12O9. The predicted octanol–water partition coefficient (Wildman–Crippen LogP) is 1.30. The first-order valence-corrected chi connectivity index (χ1v) is 7.17. The van der Waals surface area contributed by atoms with Gasteiger partial charge in [-0.1, -0.05) is 0 Å². The second-order valence-corrected chi connectivity index (χ2v) is 5.61. The van der Waals surface area contributed by atoms with E-state index in [0.29, 0.717) is 0 Å². The molecule has 9 heteroatoms. The first-order valence-electron chi connectivity index (χ1n) is 7.17. The number of methoxy groups -OCH3 is 1. The van der Waals surface area contributed by atoms with Gasteiger partial charge >= 0.3 is 5.97 Å². The second kappa shape index (κ2) is 5.38. The Bertz CT molecular complexity index is 1030. The summed E-state index contributed by atoms with van der Waals surface area (Å²) >= 11 is 0. The normalized spacial score (nSPS) is 12.5. The molecule has 0 bridgehead atoms. The fourth-order valence-corrected chi connectivity index (χ4v) is 3.13. The van der Waals surface area contributed by atoms with Crippen LogP contribution in [-0.4, -0.2) is 50.2 Å². The molecule has 0 saturated carbocycles. The van der Waals surface area contributed by atoms with Gasteiger partial charge in [0, 0.05) is 11.1 Å². The maximum Gasteiger partial charge on any atom is 0.339 e. The molecule has 0 saturated heterocycles. The largest absolute Gasteiger partial charge is 0.507 e. The standard InChI is InChI=1S/C17H12O9/c1-4-7-5(3-6(18)8(4)17(24)25)11(19)9-10(12(7)20)14(22)16(26-2)15(23)13(9)21/h3,18,21-23H,1-2H3,(H,24,25). The van der Waals surface area contributed by atoms with Crippen molar-refractivity contribution in [3.05, 3.63) is 39.4 Å². The zero-order valence-corrected chi connectivity index (χ0v) is 13.4. The monoisotopic (exact) mass is 360 g/mol. The summed E-state index contributed by atoms with van der Waals surface area (Å²) in [6.45, 7) is 1.23. The highest BCUT2D eigenvalue weighted by Gasteiger charge is 2.40. The molecule has 5 N–H and O–H groups in total. The molecular weight excluding hydrogens is 348 g/mol. The number of benzene rings is 2. The molecule has 0 heterocycles. The number of carbonyl (C=O) groups is 3. The Hall–Kier alpha value is -3.75. The highest BCUT2D eigenvalue weighted by molar-refractivity contribution is 6.32. The van der Waals surface area contributed by atoms with Crippen molar-refractivity contribution >= 4 is 17.5 Å². The Kier molecular flexibility index (Phi) is 3.53. The van der Waals surface area contributed by atoms with Crippen LogP contribution in [0.15, 0.2) is 6.07 Å². The van der Waals surface area contributed by atoms with Crippen molar-refractivity contribution < 1.29 is 44.7 Å². The molecule has 0 unspecified atom stereocenters. The molecule has 0 aliphatic heterocycles. The van der Waals surface area contributed by atoms with Gasteiger partial charge in [-0.25, -0.2) is 4.79 Å². The topological polar surface area (TPSA) is 162 Å². The average Bonchev–Trinajstić information content (AvgIpc) is 2.55. The first kappa shape index (κ1) is 17.1. The highest BCUT2D eigenvalue weighted by Crippen LogP contribution is 2.51. The SMILES string of the molecule is COc1c(O)c(O)c2c(c1O)C(=O)c1c(cc(O)c(C(=O)O)c1C)C2=O. The van der Waals surface area contributed by atoms with Crippen LogP contribution < -0.4 is 4.74 Å². The Morgan fingerprint density at radius 1 is 0.923 bits per heavy atom. The van der Waals surface area contributed by atoms with Crippen LogP contribution in [0.5, 0.6) is 28.7 Å². The Labute approximate surface area is 145 Å². The van der Waals surface area contributed by atoms with Crippen LogP contribution in [0.2, 0.25) is 0 Å². The summed E-state index contributed by atoms with van der Waals surface area (Å²) in [6.07, 6.45) is 0. The maximum absolute atomic E-state index is 12.9. The second-order valence-electron chi connectivity index (χ2n) is 5.61. The summed E-state index contributed by atoms with van der Waals surface area (Å²) in [5.74, 6) is -7.57. The number of aromatic carboxylic acids is 1. The number of aromatic hydroxyl groups is 4. The van der Waals surface area contributed by atoms with Gasteiger partial charge in [0.2, 0.25) is 11.5 Å². The van der Waals surface area contributed by atoms with Crippen molar-refractivity contribution in [3.8, 4) is 28.7 Å². The Balaban J connectivity index is 2.46. The van der Waals surface area contributed by atoms with Crippen molar-refractivity contribution in [1.82, 2.24) is 0 Å². The van der Waals surface area contributed by atoms with E-state index in [1.54, 1.807) is 0 Å². The number of phenolic OH excluding ortho intramolecular Hbond substituents is 3. The zero-order chi connectivity index (χ0) is 19.5. The van der Waals surface area contributed by atoms with E-state index in [2.05, 4.69) is 0 Å². The number of carboxylic acid groups (broad SMARTS) is 1. The van der Waals surface area contributed by atoms with E-state index in [9.17, 15) is 39.9 Å². The van der Waals surface area contributed by atoms with Gasteiger partial charge in [-0.3, -0.25) is 9.59 Å². The Morgan fingerprint density at radius 3 is 2.04 bits per heavy atom. The Morgan fingerprint density at radius 2 is 1.50 bits per heavy atom. The molecule has 0 amide bonds. The van der Waals surface area contributed by atoms with Crippen molar-refractivity contribution in [3.63, 3.8) is 0 Å². The smallest absolute Gasteiger partial charge is 0.339 e. The quantitative estimate of drug-likeness (QED) is 0.335. The molecule has 26 heavy (non-hydrogen) atoms. The van der Waals surface area contributed by atoms with Gasteiger partial charge in [0.1, 0.15) is 11.3 Å². The molecule has 134 valence electrons. The summed E-state index contributed by atoms with van der Waals surface area (Å²) in [4.78, 5) is 36.9. The van der Waals surface area contributed by atoms with E-state index in [1.165, 1.54) is 6.92 Å². The molecule has 1 aliphatic rings. The van der Waals surface area contributed by atoms with Crippen LogP contribution in [-0.2, 0) is 0 Å². The van der Waals surface area contributed by atoms with E-state index in [0.717, 1.165) is 13.2 Å².